The van der Waals surface area contributed by atoms with E-state index in [0.717, 1.165) is 48.6 Å². The summed E-state index contributed by atoms with van der Waals surface area (Å²) in [6.45, 7) is 10.4. The second-order valence-corrected chi connectivity index (χ2v) is 8.57. The molecule has 27 heavy (non-hydrogen) atoms. The largest absolute Gasteiger partial charge is 0.443 e. The fourth-order valence-corrected chi connectivity index (χ4v) is 3.95. The van der Waals surface area contributed by atoms with Gasteiger partial charge in [-0.05, 0) is 31.9 Å². The quantitative estimate of drug-likeness (QED) is 0.758. The summed E-state index contributed by atoms with van der Waals surface area (Å²) in [6.07, 6.45) is 3.74. The van der Waals surface area contributed by atoms with Crippen molar-refractivity contribution in [1.29, 1.82) is 0 Å². The van der Waals surface area contributed by atoms with E-state index < -0.39 is 0 Å². The average Bonchev–Trinajstić information content (AvgIpc) is 3.25. The lowest BCUT2D eigenvalue weighted by molar-refractivity contribution is 0.125. The van der Waals surface area contributed by atoms with E-state index in [1.807, 2.05) is 35.0 Å². The number of fused-ring (bicyclic) bond motifs is 1. The van der Waals surface area contributed by atoms with Crippen LogP contribution in [0.3, 0.4) is 0 Å². The number of hydrogen-bond acceptors (Lipinski definition) is 4. The maximum atomic E-state index is 12.4. The molecule has 1 fully saturated rings. The third kappa shape index (κ3) is 3.34. The zero-order valence-corrected chi connectivity index (χ0v) is 16.5. The molecule has 0 bridgehead atoms. The SMILES string of the molecule is CC(c1ncc(C(C)(C)C)o1)N1CCC(n2c(=O)[nH]c3ccccc32)CC1. The first-order valence-corrected chi connectivity index (χ1v) is 9.74. The van der Waals surface area contributed by atoms with Gasteiger partial charge in [0.25, 0.3) is 0 Å². The Morgan fingerprint density at radius 1 is 1.22 bits per heavy atom. The molecule has 6 heteroatoms. The molecule has 1 aromatic carbocycles. The highest BCUT2D eigenvalue weighted by atomic mass is 16.4. The van der Waals surface area contributed by atoms with E-state index in [1.54, 1.807) is 0 Å². The van der Waals surface area contributed by atoms with Crippen LogP contribution in [0.15, 0.2) is 39.7 Å². The van der Waals surface area contributed by atoms with Gasteiger partial charge in [-0.1, -0.05) is 32.9 Å². The highest BCUT2D eigenvalue weighted by Gasteiger charge is 2.29. The topological polar surface area (TPSA) is 67.1 Å². The van der Waals surface area contributed by atoms with Gasteiger partial charge in [0.15, 0.2) is 0 Å². The Hall–Kier alpha value is -2.34. The van der Waals surface area contributed by atoms with Crippen LogP contribution in [0.2, 0.25) is 0 Å². The molecule has 0 saturated carbocycles. The maximum Gasteiger partial charge on any atom is 0.326 e. The molecule has 144 valence electrons. The summed E-state index contributed by atoms with van der Waals surface area (Å²) in [6, 6.07) is 8.28. The second-order valence-electron chi connectivity index (χ2n) is 8.57. The van der Waals surface area contributed by atoms with Crippen molar-refractivity contribution in [3.8, 4) is 0 Å². The van der Waals surface area contributed by atoms with E-state index in [9.17, 15) is 4.79 Å². The van der Waals surface area contributed by atoms with Gasteiger partial charge in [0.2, 0.25) is 5.89 Å². The monoisotopic (exact) mass is 368 g/mol. The molecule has 0 spiro atoms. The smallest absolute Gasteiger partial charge is 0.326 e. The molecule has 1 N–H and O–H groups in total. The van der Waals surface area contributed by atoms with Crippen molar-refractivity contribution < 1.29 is 4.42 Å². The zero-order chi connectivity index (χ0) is 19.2. The fraction of sp³-hybridized carbons (Fsp3) is 0.524. The summed E-state index contributed by atoms with van der Waals surface area (Å²) in [5.74, 6) is 1.70. The first-order chi connectivity index (χ1) is 12.8. The van der Waals surface area contributed by atoms with Gasteiger partial charge in [-0.15, -0.1) is 0 Å². The number of piperidine rings is 1. The zero-order valence-electron chi connectivity index (χ0n) is 16.5. The van der Waals surface area contributed by atoms with E-state index in [0.29, 0.717) is 0 Å². The van der Waals surface area contributed by atoms with Crippen LogP contribution in [-0.4, -0.2) is 32.5 Å². The van der Waals surface area contributed by atoms with Gasteiger partial charge in [-0.2, -0.15) is 0 Å². The average molecular weight is 368 g/mol. The number of aromatic amines is 1. The molecule has 0 aliphatic carbocycles. The van der Waals surface area contributed by atoms with Crippen LogP contribution in [0.25, 0.3) is 11.0 Å². The Labute approximate surface area is 159 Å². The summed E-state index contributed by atoms with van der Waals surface area (Å²) >= 11 is 0. The van der Waals surface area contributed by atoms with Crippen LogP contribution in [0.1, 0.15) is 64.3 Å². The number of likely N-dealkylation sites (tertiary alicyclic amines) is 1. The van der Waals surface area contributed by atoms with Gasteiger partial charge in [-0.3, -0.25) is 9.47 Å². The molecule has 3 aromatic rings. The molecule has 1 unspecified atom stereocenters. The van der Waals surface area contributed by atoms with Crippen molar-refractivity contribution >= 4 is 11.0 Å². The van der Waals surface area contributed by atoms with Gasteiger partial charge in [0.05, 0.1) is 23.3 Å². The molecule has 6 nitrogen and oxygen atoms in total. The minimum atomic E-state index is -0.0333. The number of para-hydroxylation sites is 2. The number of nitrogens with zero attached hydrogens (tertiary/aromatic N) is 3. The molecule has 1 atom stereocenters. The minimum absolute atomic E-state index is 0.00906. The number of H-pyrrole nitrogens is 1. The summed E-state index contributed by atoms with van der Waals surface area (Å²) in [5, 5.41) is 0. The number of imidazole rings is 1. The second kappa shape index (κ2) is 6.68. The number of nitrogens with one attached hydrogen (secondary N) is 1. The number of aromatic nitrogens is 3. The van der Waals surface area contributed by atoms with E-state index in [4.69, 9.17) is 4.42 Å². The molecule has 0 amide bonds. The molecule has 0 radical (unpaired) electrons. The Bertz CT molecular complexity index is 983. The van der Waals surface area contributed by atoms with Crippen molar-refractivity contribution in [3.05, 3.63) is 52.6 Å². The number of benzene rings is 1. The summed E-state index contributed by atoms with van der Waals surface area (Å²) in [5.41, 5.74) is 1.86. The fourth-order valence-electron chi connectivity index (χ4n) is 3.95. The number of oxazole rings is 1. The third-order valence-electron chi connectivity index (χ3n) is 5.66. The van der Waals surface area contributed by atoms with Crippen LogP contribution in [0.5, 0.6) is 0 Å². The molecule has 1 saturated heterocycles. The van der Waals surface area contributed by atoms with Crippen LogP contribution in [0, 0.1) is 0 Å². The van der Waals surface area contributed by atoms with Gasteiger partial charge in [-0.25, -0.2) is 9.78 Å². The van der Waals surface area contributed by atoms with Crippen LogP contribution < -0.4 is 5.69 Å². The van der Waals surface area contributed by atoms with Crippen LogP contribution in [-0.2, 0) is 5.41 Å². The van der Waals surface area contributed by atoms with Crippen LogP contribution >= 0.6 is 0 Å². The van der Waals surface area contributed by atoms with E-state index in [2.05, 4.69) is 42.6 Å². The number of rotatable bonds is 3. The Kier molecular flexibility index (Phi) is 4.46. The van der Waals surface area contributed by atoms with Crippen molar-refractivity contribution in [2.75, 3.05) is 13.1 Å². The summed E-state index contributed by atoms with van der Waals surface area (Å²) < 4.78 is 7.96. The standard InChI is InChI=1S/C21H28N4O2/c1-14(19-22-13-18(27-19)21(2,3)4)24-11-9-15(10-12-24)25-17-8-6-5-7-16(17)23-20(25)26/h5-8,13-15H,9-12H2,1-4H3,(H,23,26). The molecular weight excluding hydrogens is 340 g/mol. The summed E-state index contributed by atoms with van der Waals surface area (Å²) in [7, 11) is 0. The highest BCUT2D eigenvalue weighted by Crippen LogP contribution is 2.31. The summed E-state index contributed by atoms with van der Waals surface area (Å²) in [4.78, 5) is 22.3. The van der Waals surface area contributed by atoms with E-state index >= 15 is 0 Å². The van der Waals surface area contributed by atoms with Crippen LogP contribution in [0.4, 0.5) is 0 Å². The predicted octanol–water partition coefficient (Wildman–Crippen LogP) is 4.01. The van der Waals surface area contributed by atoms with Crippen molar-refractivity contribution in [1.82, 2.24) is 19.4 Å². The molecule has 1 aliphatic heterocycles. The molecule has 1 aliphatic rings. The lowest BCUT2D eigenvalue weighted by Crippen LogP contribution is -2.38. The van der Waals surface area contributed by atoms with E-state index in [-0.39, 0.29) is 23.2 Å². The minimum Gasteiger partial charge on any atom is -0.443 e. The van der Waals surface area contributed by atoms with Gasteiger partial charge < -0.3 is 9.40 Å². The van der Waals surface area contributed by atoms with Crippen molar-refractivity contribution in [2.45, 2.75) is 58.0 Å². The third-order valence-corrected chi connectivity index (χ3v) is 5.66. The Balaban J connectivity index is 1.48. The first-order valence-electron chi connectivity index (χ1n) is 9.74. The lowest BCUT2D eigenvalue weighted by Gasteiger charge is -2.35. The van der Waals surface area contributed by atoms with E-state index in [1.165, 1.54) is 0 Å². The van der Waals surface area contributed by atoms with Crippen molar-refractivity contribution in [3.63, 3.8) is 0 Å². The van der Waals surface area contributed by atoms with Gasteiger partial charge >= 0.3 is 5.69 Å². The predicted molar refractivity (Wildman–Crippen MR) is 106 cm³/mol. The van der Waals surface area contributed by atoms with Gasteiger partial charge in [0.1, 0.15) is 5.76 Å². The molecular formula is C21H28N4O2. The molecule has 2 aromatic heterocycles. The molecule has 4 rings (SSSR count). The highest BCUT2D eigenvalue weighted by molar-refractivity contribution is 5.75. The normalized spacial score (nSPS) is 18.2. The Morgan fingerprint density at radius 2 is 1.93 bits per heavy atom. The Morgan fingerprint density at radius 3 is 2.59 bits per heavy atom. The molecule has 3 heterocycles. The van der Waals surface area contributed by atoms with Crippen molar-refractivity contribution in [2.24, 2.45) is 0 Å². The maximum absolute atomic E-state index is 12.4. The van der Waals surface area contributed by atoms with Gasteiger partial charge in [0, 0.05) is 24.5 Å². The lowest BCUT2D eigenvalue weighted by atomic mass is 9.94. The number of hydrogen-bond donors (Lipinski definition) is 1. The first kappa shape index (κ1) is 18.0.